The van der Waals surface area contributed by atoms with E-state index < -0.39 is 40.7 Å². The van der Waals surface area contributed by atoms with Crippen LogP contribution in [0.4, 0.5) is 0 Å². The number of aromatic nitrogens is 1. The lowest BCUT2D eigenvalue weighted by molar-refractivity contribution is -0.136. The first-order valence-electron chi connectivity index (χ1n) is 15.3. The highest BCUT2D eigenvalue weighted by atomic mass is 16.6. The van der Waals surface area contributed by atoms with Crippen molar-refractivity contribution in [1.82, 2.24) is 4.98 Å². The van der Waals surface area contributed by atoms with Crippen LogP contribution in [0.1, 0.15) is 109 Å². The zero-order chi connectivity index (χ0) is 33.1. The number of benzene rings is 1. The minimum atomic E-state index is -1.23. The van der Waals surface area contributed by atoms with Gasteiger partial charge in [0.05, 0.1) is 17.2 Å². The number of hydrogen-bond donors (Lipinski definition) is 0. The first kappa shape index (κ1) is 35.9. The van der Waals surface area contributed by atoms with Crippen LogP contribution in [0.25, 0.3) is 11.3 Å². The Kier molecular flexibility index (Phi) is 13.0. The van der Waals surface area contributed by atoms with E-state index in [1.165, 1.54) is 0 Å². The molecule has 9 heteroatoms. The minimum Gasteiger partial charge on any atom is -0.482 e. The monoisotopic (exact) mass is 603 g/mol. The lowest BCUT2D eigenvalue weighted by Gasteiger charge is -2.52. The van der Waals surface area contributed by atoms with Gasteiger partial charge >= 0.3 is 11.6 Å². The molecule has 44 heavy (non-hydrogen) atoms. The van der Waals surface area contributed by atoms with Crippen LogP contribution in [-0.2, 0) is 4.74 Å². The summed E-state index contributed by atoms with van der Waals surface area (Å²) in [6.45, 7) is 17.7. The topological polar surface area (TPSA) is 132 Å². The summed E-state index contributed by atoms with van der Waals surface area (Å²) in [6, 6.07) is 12.1. The predicted molar refractivity (Wildman–Crippen MR) is 171 cm³/mol. The van der Waals surface area contributed by atoms with Gasteiger partial charge in [0, 0.05) is 29.9 Å². The third-order valence-electron chi connectivity index (χ3n) is 7.46. The van der Waals surface area contributed by atoms with Crippen molar-refractivity contribution in [2.45, 2.75) is 99.3 Å². The number of esters is 1. The Hall–Kier alpha value is -4.32. The molecule has 0 spiro atoms. The molecule has 4 rings (SSSR count). The molecule has 4 unspecified atom stereocenters. The van der Waals surface area contributed by atoms with Gasteiger partial charge in [-0.1, -0.05) is 67.0 Å². The van der Waals surface area contributed by atoms with E-state index >= 15 is 0 Å². The SMILES string of the molecule is CC.CC.CCCCC(OC(=O)c1ccc(C#N)cc1)C1(C)Oc2cc(-c3cccnc3)oc(=O)c2C(N=O)C1C(C)(C)C. The average molecular weight is 604 g/mol. The molecule has 0 N–H and O–H groups in total. The summed E-state index contributed by atoms with van der Waals surface area (Å²) >= 11 is 0. The molecule has 9 nitrogen and oxygen atoms in total. The number of pyridine rings is 1. The van der Waals surface area contributed by atoms with Crippen molar-refractivity contribution in [2.24, 2.45) is 16.5 Å². The standard InChI is InChI=1S/C31H33N3O6.2C2H6/c1-6-7-10-24(39-28(35)20-13-11-19(17-32)12-14-20)31(5)27(30(2,3)4)26(34-37)25-23(40-31)16-22(38-29(25)36)21-9-8-15-33-18-21;2*1-2/h8-9,11-16,18,24,26-27H,6-7,10H2,1-5H3;2*1-2H3. The van der Waals surface area contributed by atoms with E-state index in [4.69, 9.17) is 19.2 Å². The van der Waals surface area contributed by atoms with Crippen molar-refractivity contribution in [3.05, 3.63) is 86.9 Å². The average Bonchev–Trinajstić information content (AvgIpc) is 3.03. The number of unbranched alkanes of at least 4 members (excludes halogenated alkanes) is 1. The number of fused-ring (bicyclic) bond motifs is 1. The minimum absolute atomic E-state index is 0.0488. The summed E-state index contributed by atoms with van der Waals surface area (Å²) in [5.41, 5.74) is -1.21. The molecule has 0 amide bonds. The van der Waals surface area contributed by atoms with E-state index in [2.05, 4.69) is 10.2 Å². The van der Waals surface area contributed by atoms with Gasteiger partial charge in [-0.05, 0) is 61.6 Å². The smallest absolute Gasteiger partial charge is 0.345 e. The lowest BCUT2D eigenvalue weighted by atomic mass is 9.62. The Bertz CT molecular complexity index is 1470. The molecule has 3 heterocycles. The quantitative estimate of drug-likeness (QED) is 0.184. The van der Waals surface area contributed by atoms with Crippen LogP contribution in [0, 0.1) is 27.6 Å². The molecule has 1 aliphatic heterocycles. The van der Waals surface area contributed by atoms with E-state index in [0.29, 0.717) is 17.5 Å². The fourth-order valence-electron chi connectivity index (χ4n) is 5.71. The van der Waals surface area contributed by atoms with Crippen LogP contribution in [0.15, 0.2) is 69.2 Å². The Morgan fingerprint density at radius 2 is 1.82 bits per heavy atom. The summed E-state index contributed by atoms with van der Waals surface area (Å²) in [6.07, 6.45) is 4.40. The van der Waals surface area contributed by atoms with Gasteiger partial charge in [0.15, 0.2) is 0 Å². The fraction of sp³-hybridized carbons (Fsp3) is 0.486. The number of nitriles is 1. The number of hydrogen-bond acceptors (Lipinski definition) is 9. The van der Waals surface area contributed by atoms with Crippen LogP contribution in [-0.4, -0.2) is 22.7 Å². The molecular weight excluding hydrogens is 558 g/mol. The van der Waals surface area contributed by atoms with E-state index in [0.717, 1.165) is 12.8 Å². The maximum absolute atomic E-state index is 13.3. The number of nitrogens with zero attached hydrogens (tertiary/aromatic N) is 3. The van der Waals surface area contributed by atoms with Crippen LogP contribution in [0.2, 0.25) is 0 Å². The van der Waals surface area contributed by atoms with Gasteiger partial charge in [0.25, 0.3) is 0 Å². The lowest BCUT2D eigenvalue weighted by Crippen LogP contribution is -2.60. The largest absolute Gasteiger partial charge is 0.482 e. The van der Waals surface area contributed by atoms with Crippen LogP contribution >= 0.6 is 0 Å². The molecule has 0 aliphatic carbocycles. The molecule has 0 saturated heterocycles. The van der Waals surface area contributed by atoms with Gasteiger partial charge in [-0.15, -0.1) is 0 Å². The molecule has 0 radical (unpaired) electrons. The summed E-state index contributed by atoms with van der Waals surface area (Å²) in [4.78, 5) is 43.2. The molecule has 1 aliphatic rings. The molecule has 236 valence electrons. The number of nitroso groups, excluding NO2 is 1. The maximum atomic E-state index is 13.3. The summed E-state index contributed by atoms with van der Waals surface area (Å²) < 4.78 is 18.4. The Balaban J connectivity index is 0.00000162. The molecule has 0 fully saturated rings. The van der Waals surface area contributed by atoms with Gasteiger partial charge in [0.1, 0.15) is 34.8 Å². The van der Waals surface area contributed by atoms with E-state index in [1.807, 2.05) is 68.4 Å². The summed E-state index contributed by atoms with van der Waals surface area (Å²) in [5.74, 6) is -0.822. The summed E-state index contributed by atoms with van der Waals surface area (Å²) in [5, 5.41) is 12.6. The van der Waals surface area contributed by atoms with Crippen molar-refractivity contribution in [1.29, 1.82) is 5.26 Å². The van der Waals surface area contributed by atoms with Crippen molar-refractivity contribution >= 4 is 5.97 Å². The molecule has 0 saturated carbocycles. The van der Waals surface area contributed by atoms with Crippen molar-refractivity contribution in [3.63, 3.8) is 0 Å². The van der Waals surface area contributed by atoms with Gasteiger partial charge in [-0.3, -0.25) is 4.98 Å². The van der Waals surface area contributed by atoms with Gasteiger partial charge < -0.3 is 13.9 Å². The van der Waals surface area contributed by atoms with Gasteiger partial charge in [-0.25, -0.2) is 9.59 Å². The Labute approximate surface area is 260 Å². The Morgan fingerprint density at radius 1 is 1.16 bits per heavy atom. The third kappa shape index (κ3) is 7.79. The van der Waals surface area contributed by atoms with E-state index in [1.54, 1.807) is 54.9 Å². The molecule has 4 atom stereocenters. The maximum Gasteiger partial charge on any atom is 0.345 e. The number of rotatable bonds is 8. The second-order valence-electron chi connectivity index (χ2n) is 11.3. The zero-order valence-corrected chi connectivity index (χ0v) is 27.3. The van der Waals surface area contributed by atoms with Crippen molar-refractivity contribution in [3.8, 4) is 23.1 Å². The molecule has 0 bridgehead atoms. The highest BCUT2D eigenvalue weighted by Crippen LogP contribution is 2.54. The third-order valence-corrected chi connectivity index (χ3v) is 7.46. The second-order valence-corrected chi connectivity index (χ2v) is 11.3. The number of carbonyl (C=O) groups excluding carboxylic acids is 1. The van der Waals surface area contributed by atoms with E-state index in [9.17, 15) is 14.5 Å². The first-order chi connectivity index (χ1) is 21.0. The first-order valence-corrected chi connectivity index (χ1v) is 15.3. The number of ether oxygens (including phenoxy) is 2. The zero-order valence-electron chi connectivity index (χ0n) is 27.3. The Morgan fingerprint density at radius 3 is 2.34 bits per heavy atom. The van der Waals surface area contributed by atoms with Crippen LogP contribution in [0.5, 0.6) is 5.75 Å². The molecule has 1 aromatic carbocycles. The van der Waals surface area contributed by atoms with E-state index in [-0.39, 0.29) is 22.6 Å². The van der Waals surface area contributed by atoms with Gasteiger partial charge in [-0.2, -0.15) is 10.2 Å². The highest BCUT2D eigenvalue weighted by molar-refractivity contribution is 5.89. The predicted octanol–water partition coefficient (Wildman–Crippen LogP) is 8.66. The molecule has 2 aromatic heterocycles. The fourth-order valence-corrected chi connectivity index (χ4v) is 5.71. The highest BCUT2D eigenvalue weighted by Gasteiger charge is 2.58. The normalized spacial score (nSPS) is 19.3. The van der Waals surface area contributed by atoms with Gasteiger partial charge in [0.2, 0.25) is 0 Å². The van der Waals surface area contributed by atoms with Crippen molar-refractivity contribution < 1.29 is 18.7 Å². The second kappa shape index (κ2) is 15.9. The van der Waals surface area contributed by atoms with Crippen LogP contribution in [0.3, 0.4) is 0 Å². The number of carbonyl (C=O) groups is 1. The van der Waals surface area contributed by atoms with Crippen LogP contribution < -0.4 is 10.4 Å². The molecule has 3 aromatic rings. The summed E-state index contributed by atoms with van der Waals surface area (Å²) in [7, 11) is 0. The van der Waals surface area contributed by atoms with Crippen molar-refractivity contribution in [2.75, 3.05) is 0 Å². The molecular formula is C35H45N3O6.